The zero-order valence-corrected chi connectivity index (χ0v) is 16.3. The average molecular weight is 385 g/mol. The zero-order chi connectivity index (χ0) is 19.4. The van der Waals surface area contributed by atoms with E-state index in [1.54, 1.807) is 9.80 Å². The Kier molecular flexibility index (Phi) is 5.91. The number of nitrogens with zero attached hydrogens (tertiary/aromatic N) is 2. The molecule has 2 heterocycles. The molecule has 27 heavy (non-hydrogen) atoms. The van der Waals surface area contributed by atoms with Gasteiger partial charge in [0.2, 0.25) is 5.91 Å². The number of carbonyl (C=O) groups is 3. The Hall–Kier alpha value is -2.67. The zero-order valence-electron chi connectivity index (χ0n) is 15.5. The Morgan fingerprint density at radius 3 is 2.22 bits per heavy atom. The van der Waals surface area contributed by atoms with Gasteiger partial charge in [0, 0.05) is 31.7 Å². The van der Waals surface area contributed by atoms with Crippen molar-refractivity contribution in [2.75, 3.05) is 32.7 Å². The molecule has 0 saturated carbocycles. The lowest BCUT2D eigenvalue weighted by Gasteiger charge is -2.34. The summed E-state index contributed by atoms with van der Waals surface area (Å²) in [6.07, 6.45) is 0. The minimum Gasteiger partial charge on any atom is -0.343 e. The van der Waals surface area contributed by atoms with E-state index in [0.29, 0.717) is 31.7 Å². The molecule has 1 aromatic carbocycles. The Bertz CT molecular complexity index is 820. The highest BCUT2D eigenvalue weighted by Gasteiger charge is 2.25. The predicted molar refractivity (Wildman–Crippen MR) is 105 cm³/mol. The van der Waals surface area contributed by atoms with Gasteiger partial charge in [0.15, 0.2) is 0 Å². The minimum atomic E-state index is -0.248. The molecule has 0 atom stereocenters. The van der Waals surface area contributed by atoms with Gasteiger partial charge in [0.1, 0.15) is 0 Å². The number of hydrogen-bond donors (Lipinski definition) is 1. The second-order valence-electron chi connectivity index (χ2n) is 6.71. The van der Waals surface area contributed by atoms with Crippen LogP contribution in [0.3, 0.4) is 0 Å². The predicted octanol–water partition coefficient (Wildman–Crippen LogP) is 2.08. The number of nitrogens with one attached hydrogen (secondary N) is 1. The normalized spacial score (nSPS) is 14.1. The molecular formula is C20H23N3O3S. The fraction of sp³-hybridized carbons (Fsp3) is 0.350. The Morgan fingerprint density at radius 1 is 1.00 bits per heavy atom. The van der Waals surface area contributed by atoms with E-state index in [0.717, 1.165) is 16.0 Å². The summed E-state index contributed by atoms with van der Waals surface area (Å²) in [6.45, 7) is 5.81. The van der Waals surface area contributed by atoms with E-state index < -0.39 is 0 Å². The van der Waals surface area contributed by atoms with E-state index in [1.165, 1.54) is 11.3 Å². The van der Waals surface area contributed by atoms with Gasteiger partial charge in [-0.3, -0.25) is 14.4 Å². The van der Waals surface area contributed by atoms with Crippen LogP contribution in [0, 0.1) is 13.8 Å². The average Bonchev–Trinajstić information content (AvgIpc) is 3.19. The molecule has 142 valence electrons. The van der Waals surface area contributed by atoms with Crippen LogP contribution in [0.4, 0.5) is 0 Å². The first kappa shape index (κ1) is 19.1. The van der Waals surface area contributed by atoms with Crippen molar-refractivity contribution in [2.45, 2.75) is 13.8 Å². The maximum atomic E-state index is 12.4. The van der Waals surface area contributed by atoms with Gasteiger partial charge in [0.05, 0.1) is 11.4 Å². The summed E-state index contributed by atoms with van der Waals surface area (Å²) in [5.74, 6) is -0.363. The van der Waals surface area contributed by atoms with Gasteiger partial charge in [-0.15, -0.1) is 11.3 Å². The van der Waals surface area contributed by atoms with Gasteiger partial charge < -0.3 is 15.1 Å². The first-order valence-corrected chi connectivity index (χ1v) is 9.79. The van der Waals surface area contributed by atoms with Crippen LogP contribution in [0.5, 0.6) is 0 Å². The van der Waals surface area contributed by atoms with Crippen molar-refractivity contribution in [3.8, 4) is 0 Å². The molecule has 0 radical (unpaired) electrons. The molecule has 0 unspecified atom stereocenters. The molecule has 1 aromatic heterocycles. The molecule has 7 heteroatoms. The number of piperazine rings is 1. The van der Waals surface area contributed by atoms with Crippen molar-refractivity contribution in [2.24, 2.45) is 0 Å². The Morgan fingerprint density at radius 2 is 1.63 bits per heavy atom. The highest BCUT2D eigenvalue weighted by molar-refractivity contribution is 7.12. The molecule has 3 rings (SSSR count). The standard InChI is InChI=1S/C20H23N3O3S/c1-14-10-15(2)12-16(11-14)19(25)21-13-18(24)22-5-7-23(8-6-22)20(26)17-4-3-9-27-17/h3-4,9-12H,5-8,13H2,1-2H3,(H,21,25). The van der Waals surface area contributed by atoms with Crippen LogP contribution in [0.2, 0.25) is 0 Å². The van der Waals surface area contributed by atoms with Crippen LogP contribution in [0.25, 0.3) is 0 Å². The second kappa shape index (κ2) is 8.35. The Balaban J connectivity index is 1.48. The summed E-state index contributed by atoms with van der Waals surface area (Å²) in [4.78, 5) is 41.2. The SMILES string of the molecule is Cc1cc(C)cc(C(=O)NCC(=O)N2CCN(C(=O)c3cccs3)CC2)c1. The number of benzene rings is 1. The fourth-order valence-corrected chi connectivity index (χ4v) is 3.88. The molecule has 0 bridgehead atoms. The summed E-state index contributed by atoms with van der Waals surface area (Å²) in [7, 11) is 0. The molecule has 3 amide bonds. The molecule has 0 spiro atoms. The largest absolute Gasteiger partial charge is 0.343 e. The van der Waals surface area contributed by atoms with E-state index in [1.807, 2.05) is 49.6 Å². The van der Waals surface area contributed by atoms with Gasteiger partial charge in [-0.1, -0.05) is 23.3 Å². The van der Waals surface area contributed by atoms with Crippen LogP contribution in [0.15, 0.2) is 35.7 Å². The molecule has 1 fully saturated rings. The van der Waals surface area contributed by atoms with Crippen molar-refractivity contribution >= 4 is 29.1 Å². The van der Waals surface area contributed by atoms with Gasteiger partial charge in [-0.05, 0) is 37.4 Å². The molecule has 6 nitrogen and oxygen atoms in total. The molecule has 1 N–H and O–H groups in total. The summed E-state index contributed by atoms with van der Waals surface area (Å²) in [5.41, 5.74) is 2.59. The van der Waals surface area contributed by atoms with Crippen molar-refractivity contribution in [1.29, 1.82) is 0 Å². The smallest absolute Gasteiger partial charge is 0.264 e. The van der Waals surface area contributed by atoms with Crippen LogP contribution in [0.1, 0.15) is 31.2 Å². The van der Waals surface area contributed by atoms with Crippen molar-refractivity contribution in [3.05, 3.63) is 57.3 Å². The maximum absolute atomic E-state index is 12.4. The highest BCUT2D eigenvalue weighted by atomic mass is 32.1. The summed E-state index contributed by atoms with van der Waals surface area (Å²) >= 11 is 1.42. The van der Waals surface area contributed by atoms with Crippen LogP contribution < -0.4 is 5.32 Å². The van der Waals surface area contributed by atoms with Crippen LogP contribution in [-0.2, 0) is 4.79 Å². The monoisotopic (exact) mass is 385 g/mol. The summed E-state index contributed by atoms with van der Waals surface area (Å²) in [5, 5.41) is 4.58. The van der Waals surface area contributed by atoms with Gasteiger partial charge in [0.25, 0.3) is 11.8 Å². The second-order valence-corrected chi connectivity index (χ2v) is 7.66. The lowest BCUT2D eigenvalue weighted by Crippen LogP contribution is -2.52. The number of thiophene rings is 1. The number of rotatable bonds is 4. The van der Waals surface area contributed by atoms with Crippen LogP contribution >= 0.6 is 11.3 Å². The quantitative estimate of drug-likeness (QED) is 0.876. The van der Waals surface area contributed by atoms with Crippen molar-refractivity contribution < 1.29 is 14.4 Å². The molecule has 1 aliphatic rings. The molecule has 0 aliphatic carbocycles. The third-order valence-corrected chi connectivity index (χ3v) is 5.39. The highest BCUT2D eigenvalue weighted by Crippen LogP contribution is 2.14. The van der Waals surface area contributed by atoms with E-state index in [-0.39, 0.29) is 24.3 Å². The minimum absolute atomic E-state index is 0.0141. The lowest BCUT2D eigenvalue weighted by atomic mass is 10.1. The summed E-state index contributed by atoms with van der Waals surface area (Å²) in [6, 6.07) is 9.28. The summed E-state index contributed by atoms with van der Waals surface area (Å²) < 4.78 is 0. The number of aryl methyl sites for hydroxylation is 2. The van der Waals surface area contributed by atoms with Gasteiger partial charge >= 0.3 is 0 Å². The van der Waals surface area contributed by atoms with Crippen molar-refractivity contribution in [3.63, 3.8) is 0 Å². The number of hydrogen-bond acceptors (Lipinski definition) is 4. The van der Waals surface area contributed by atoms with Crippen molar-refractivity contribution in [1.82, 2.24) is 15.1 Å². The van der Waals surface area contributed by atoms with E-state index in [2.05, 4.69) is 5.32 Å². The third kappa shape index (κ3) is 4.74. The van der Waals surface area contributed by atoms with Crippen LogP contribution in [-0.4, -0.2) is 60.2 Å². The van der Waals surface area contributed by atoms with E-state index in [4.69, 9.17) is 0 Å². The first-order valence-electron chi connectivity index (χ1n) is 8.91. The molecule has 1 saturated heterocycles. The topological polar surface area (TPSA) is 69.7 Å². The van der Waals surface area contributed by atoms with E-state index >= 15 is 0 Å². The maximum Gasteiger partial charge on any atom is 0.264 e. The third-order valence-electron chi connectivity index (χ3n) is 4.54. The van der Waals surface area contributed by atoms with E-state index in [9.17, 15) is 14.4 Å². The first-order chi connectivity index (χ1) is 12.9. The lowest BCUT2D eigenvalue weighted by molar-refractivity contribution is -0.131. The van der Waals surface area contributed by atoms with Gasteiger partial charge in [-0.2, -0.15) is 0 Å². The molecule has 1 aliphatic heterocycles. The fourth-order valence-electron chi connectivity index (χ4n) is 3.19. The molecule has 2 aromatic rings. The number of amides is 3. The van der Waals surface area contributed by atoms with Gasteiger partial charge in [-0.25, -0.2) is 0 Å². The molecular weight excluding hydrogens is 362 g/mol. The number of carbonyl (C=O) groups excluding carboxylic acids is 3. The Labute approximate surface area is 162 Å².